The minimum absolute atomic E-state index is 0.0421. The van der Waals surface area contributed by atoms with E-state index in [2.05, 4.69) is 4.98 Å². The maximum Gasteiger partial charge on any atom is 0.341 e. The van der Waals surface area contributed by atoms with Gasteiger partial charge in [0, 0.05) is 23.8 Å². The van der Waals surface area contributed by atoms with E-state index in [0.717, 1.165) is 10.8 Å². The molecule has 0 amide bonds. The number of carboxylic acid groups (broad SMARTS) is 1. The molecule has 98 valence electrons. The van der Waals surface area contributed by atoms with Crippen molar-refractivity contribution < 1.29 is 14.6 Å². The van der Waals surface area contributed by atoms with E-state index in [1.165, 1.54) is 12.4 Å². The molecule has 0 atom stereocenters. The summed E-state index contributed by atoms with van der Waals surface area (Å²) in [4.78, 5) is 15.0. The zero-order valence-electron chi connectivity index (χ0n) is 10.5. The van der Waals surface area contributed by atoms with Crippen LogP contribution in [0.5, 0.6) is 11.5 Å². The lowest BCUT2D eigenvalue weighted by Gasteiger charge is -2.10. The van der Waals surface area contributed by atoms with Gasteiger partial charge in [-0.05, 0) is 11.5 Å². The quantitative estimate of drug-likeness (QED) is 0.784. The molecule has 3 aromatic rings. The summed E-state index contributed by atoms with van der Waals surface area (Å²) in [6.07, 6.45) is 2.79. The molecule has 0 spiro atoms. The first-order valence-corrected chi connectivity index (χ1v) is 6.08. The first-order chi connectivity index (χ1) is 9.75. The van der Waals surface area contributed by atoms with Crippen LogP contribution >= 0.6 is 0 Å². The lowest BCUT2D eigenvalue weighted by Crippen LogP contribution is -2.00. The van der Waals surface area contributed by atoms with Crippen molar-refractivity contribution in [2.45, 2.75) is 0 Å². The fraction of sp³-hybridized carbons (Fsp3) is 0. The van der Waals surface area contributed by atoms with Gasteiger partial charge in [0.05, 0.1) is 0 Å². The molecule has 3 rings (SSSR count). The molecule has 0 aliphatic carbocycles. The largest absolute Gasteiger partial charge is 0.477 e. The van der Waals surface area contributed by atoms with Crippen LogP contribution in [0.25, 0.3) is 10.8 Å². The van der Waals surface area contributed by atoms with Crippen LogP contribution in [0.3, 0.4) is 0 Å². The van der Waals surface area contributed by atoms with Crippen molar-refractivity contribution in [1.82, 2.24) is 4.98 Å². The summed E-state index contributed by atoms with van der Waals surface area (Å²) in [5.74, 6) is -0.158. The second-order valence-electron chi connectivity index (χ2n) is 4.26. The number of aromatic carboxylic acids is 1. The molecule has 1 N–H and O–H groups in total. The van der Waals surface area contributed by atoms with Gasteiger partial charge in [-0.3, -0.25) is 4.98 Å². The molecule has 0 saturated heterocycles. The van der Waals surface area contributed by atoms with Gasteiger partial charge in [-0.1, -0.05) is 36.4 Å². The summed E-state index contributed by atoms with van der Waals surface area (Å²) in [5.41, 5.74) is 0.0421. The molecule has 1 heterocycles. The summed E-state index contributed by atoms with van der Waals surface area (Å²) in [6, 6.07) is 15.0. The molecular weight excluding hydrogens is 254 g/mol. The van der Waals surface area contributed by atoms with Crippen LogP contribution in [0.2, 0.25) is 0 Å². The second kappa shape index (κ2) is 5.01. The maximum atomic E-state index is 11.2. The Balaban J connectivity index is 2.08. The predicted molar refractivity (Wildman–Crippen MR) is 75.2 cm³/mol. The monoisotopic (exact) mass is 265 g/mol. The van der Waals surface area contributed by atoms with Crippen molar-refractivity contribution >= 4 is 16.7 Å². The van der Waals surface area contributed by atoms with Crippen molar-refractivity contribution in [1.29, 1.82) is 0 Å². The van der Waals surface area contributed by atoms with Gasteiger partial charge in [-0.25, -0.2) is 4.79 Å². The van der Waals surface area contributed by atoms with E-state index in [4.69, 9.17) is 9.84 Å². The van der Waals surface area contributed by atoms with E-state index in [-0.39, 0.29) is 11.3 Å². The lowest BCUT2D eigenvalue weighted by atomic mass is 10.1. The molecule has 0 bridgehead atoms. The number of nitrogens with zero attached hydrogens (tertiary/aromatic N) is 1. The smallest absolute Gasteiger partial charge is 0.341 e. The molecule has 20 heavy (non-hydrogen) atoms. The molecular formula is C16H11NO3. The van der Waals surface area contributed by atoms with Crippen molar-refractivity contribution in [3.05, 3.63) is 66.5 Å². The SMILES string of the molecule is O=C(O)c1cnccc1Oc1cccc2ccccc12. The Kier molecular flexibility index (Phi) is 3.05. The Morgan fingerprint density at radius 2 is 1.80 bits per heavy atom. The van der Waals surface area contributed by atoms with Crippen LogP contribution in [0, 0.1) is 0 Å². The van der Waals surface area contributed by atoms with Crippen molar-refractivity contribution in [2.24, 2.45) is 0 Å². The standard InChI is InChI=1S/C16H11NO3/c18-16(19)13-10-17-9-8-15(13)20-14-7-3-5-11-4-1-2-6-12(11)14/h1-10H,(H,18,19). The topological polar surface area (TPSA) is 59.4 Å². The van der Waals surface area contributed by atoms with Gasteiger partial charge >= 0.3 is 5.97 Å². The summed E-state index contributed by atoms with van der Waals surface area (Å²) < 4.78 is 5.76. The molecule has 0 aliphatic rings. The van der Waals surface area contributed by atoms with Crippen molar-refractivity contribution in [3.8, 4) is 11.5 Å². The van der Waals surface area contributed by atoms with Crippen LogP contribution in [-0.2, 0) is 0 Å². The van der Waals surface area contributed by atoms with Gasteiger partial charge in [0.25, 0.3) is 0 Å². The Morgan fingerprint density at radius 3 is 2.65 bits per heavy atom. The minimum atomic E-state index is -1.06. The second-order valence-corrected chi connectivity index (χ2v) is 4.26. The van der Waals surface area contributed by atoms with Gasteiger partial charge in [0.15, 0.2) is 0 Å². The normalized spacial score (nSPS) is 10.4. The van der Waals surface area contributed by atoms with E-state index < -0.39 is 5.97 Å². The number of rotatable bonds is 3. The number of hydrogen-bond acceptors (Lipinski definition) is 3. The van der Waals surface area contributed by atoms with Crippen LogP contribution in [0.4, 0.5) is 0 Å². The summed E-state index contributed by atoms with van der Waals surface area (Å²) in [5, 5.41) is 11.1. The first-order valence-electron chi connectivity index (χ1n) is 6.08. The zero-order chi connectivity index (χ0) is 13.9. The predicted octanol–water partition coefficient (Wildman–Crippen LogP) is 3.73. The lowest BCUT2D eigenvalue weighted by molar-refractivity contribution is 0.0693. The third-order valence-corrected chi connectivity index (χ3v) is 2.98. The molecule has 0 fully saturated rings. The fourth-order valence-corrected chi connectivity index (χ4v) is 2.03. The van der Waals surface area contributed by atoms with E-state index in [1.807, 2.05) is 42.5 Å². The third-order valence-electron chi connectivity index (χ3n) is 2.98. The van der Waals surface area contributed by atoms with E-state index >= 15 is 0 Å². The Labute approximate surface area is 115 Å². The summed E-state index contributed by atoms with van der Waals surface area (Å²) in [6.45, 7) is 0. The maximum absolute atomic E-state index is 11.2. The number of fused-ring (bicyclic) bond motifs is 1. The van der Waals surface area contributed by atoms with Crippen LogP contribution < -0.4 is 4.74 Å². The van der Waals surface area contributed by atoms with Gasteiger partial charge in [0.2, 0.25) is 0 Å². The van der Waals surface area contributed by atoms with Gasteiger partial charge in [0.1, 0.15) is 17.1 Å². The first kappa shape index (κ1) is 12.2. The van der Waals surface area contributed by atoms with E-state index in [1.54, 1.807) is 6.07 Å². The number of benzene rings is 2. The third kappa shape index (κ3) is 2.19. The van der Waals surface area contributed by atoms with Gasteiger partial charge < -0.3 is 9.84 Å². The number of carbonyl (C=O) groups is 1. The van der Waals surface area contributed by atoms with Crippen molar-refractivity contribution in [3.63, 3.8) is 0 Å². The number of aromatic nitrogens is 1. The van der Waals surface area contributed by atoms with Crippen LogP contribution in [0.1, 0.15) is 10.4 Å². The van der Waals surface area contributed by atoms with Crippen LogP contribution in [-0.4, -0.2) is 16.1 Å². The summed E-state index contributed by atoms with van der Waals surface area (Å²) in [7, 11) is 0. The molecule has 2 aromatic carbocycles. The fourth-order valence-electron chi connectivity index (χ4n) is 2.03. The molecule has 0 unspecified atom stereocenters. The molecule has 1 aromatic heterocycles. The van der Waals surface area contributed by atoms with Crippen LogP contribution in [0.15, 0.2) is 60.9 Å². The Bertz CT molecular complexity index is 778. The summed E-state index contributed by atoms with van der Waals surface area (Å²) >= 11 is 0. The molecule has 4 nitrogen and oxygen atoms in total. The van der Waals surface area contributed by atoms with E-state index in [0.29, 0.717) is 5.75 Å². The molecule has 4 heteroatoms. The number of ether oxygens (including phenoxy) is 1. The molecule has 0 saturated carbocycles. The van der Waals surface area contributed by atoms with Gasteiger partial charge in [-0.2, -0.15) is 0 Å². The average Bonchev–Trinajstić information content (AvgIpc) is 2.48. The number of pyridine rings is 1. The van der Waals surface area contributed by atoms with E-state index in [9.17, 15) is 4.79 Å². The van der Waals surface area contributed by atoms with Gasteiger partial charge in [-0.15, -0.1) is 0 Å². The highest BCUT2D eigenvalue weighted by molar-refractivity contribution is 5.92. The zero-order valence-corrected chi connectivity index (χ0v) is 10.5. The number of carboxylic acids is 1. The Morgan fingerprint density at radius 1 is 1.00 bits per heavy atom. The highest BCUT2D eigenvalue weighted by Gasteiger charge is 2.12. The Hall–Kier alpha value is -2.88. The minimum Gasteiger partial charge on any atom is -0.477 e. The van der Waals surface area contributed by atoms with Crippen molar-refractivity contribution in [2.75, 3.05) is 0 Å². The highest BCUT2D eigenvalue weighted by Crippen LogP contribution is 2.31. The molecule has 0 radical (unpaired) electrons. The average molecular weight is 265 g/mol. The molecule has 0 aliphatic heterocycles. The highest BCUT2D eigenvalue weighted by atomic mass is 16.5. The number of hydrogen-bond donors (Lipinski definition) is 1.